The third-order valence-electron chi connectivity index (χ3n) is 7.09. The molecule has 0 amide bonds. The molecule has 2 aliphatic rings. The van der Waals surface area contributed by atoms with Crippen molar-refractivity contribution in [2.24, 2.45) is 11.3 Å². The molecular weight excluding hydrogens is 488 g/mol. The maximum absolute atomic E-state index is 12.3. The van der Waals surface area contributed by atoms with Crippen molar-refractivity contribution in [3.8, 4) is 17.2 Å². The number of aliphatic hydroxyl groups is 3. The van der Waals surface area contributed by atoms with Gasteiger partial charge in [-0.1, -0.05) is 19.4 Å². The van der Waals surface area contributed by atoms with Crippen LogP contribution in [0.25, 0.3) is 0 Å². The molecule has 0 radical (unpaired) electrons. The monoisotopic (exact) mass is 524 g/mol. The molecule has 37 heavy (non-hydrogen) atoms. The highest BCUT2D eigenvalue weighted by Crippen LogP contribution is 2.42. The number of esters is 1. The van der Waals surface area contributed by atoms with E-state index >= 15 is 0 Å². The van der Waals surface area contributed by atoms with Gasteiger partial charge in [0, 0.05) is 6.42 Å². The first kappa shape index (κ1) is 28.9. The van der Waals surface area contributed by atoms with Crippen LogP contribution in [0.4, 0.5) is 0 Å². The molecule has 6 N–H and O–H groups in total. The van der Waals surface area contributed by atoms with Crippen LogP contribution < -0.4 is 0 Å². The van der Waals surface area contributed by atoms with Crippen LogP contribution in [-0.2, 0) is 19.0 Å². The number of carbonyl (C=O) groups is 2. The number of aliphatic hydroxyl groups excluding tert-OH is 3. The van der Waals surface area contributed by atoms with Crippen molar-refractivity contribution in [1.82, 2.24) is 0 Å². The molecule has 1 saturated heterocycles. The van der Waals surface area contributed by atoms with E-state index in [1.807, 2.05) is 6.92 Å². The van der Waals surface area contributed by atoms with Crippen molar-refractivity contribution in [1.29, 1.82) is 0 Å². The first-order chi connectivity index (χ1) is 17.2. The van der Waals surface area contributed by atoms with E-state index in [-0.39, 0.29) is 22.7 Å². The van der Waals surface area contributed by atoms with Crippen LogP contribution in [0.2, 0.25) is 0 Å². The highest BCUT2D eigenvalue weighted by molar-refractivity contribution is 5.92. The SMILES string of the molecule is CC1=CC(=O)CC(C)(C)[C@H]1CC[C@H](C)O[C@H]1O[C@@H](COC(=O)c2cc(O)c(O)c(O)c2)[C@H](O)[C@@H](O)[C@@H]1O. The normalized spacial score (nSPS) is 30.5. The summed E-state index contributed by atoms with van der Waals surface area (Å²) in [4.78, 5) is 24.2. The molecule has 0 unspecified atom stereocenters. The molecule has 3 rings (SSSR count). The lowest BCUT2D eigenvalue weighted by Gasteiger charge is -2.41. The van der Waals surface area contributed by atoms with Gasteiger partial charge in [0.05, 0.1) is 11.7 Å². The van der Waals surface area contributed by atoms with E-state index in [1.165, 1.54) is 0 Å². The van der Waals surface area contributed by atoms with Gasteiger partial charge in [-0.25, -0.2) is 4.79 Å². The largest absolute Gasteiger partial charge is 0.504 e. The van der Waals surface area contributed by atoms with E-state index in [0.29, 0.717) is 12.8 Å². The second-order valence-electron chi connectivity index (χ2n) is 10.6. The Labute approximate surface area is 214 Å². The van der Waals surface area contributed by atoms with E-state index in [9.17, 15) is 40.2 Å². The Morgan fingerprint density at radius 1 is 1.11 bits per heavy atom. The summed E-state index contributed by atoms with van der Waals surface area (Å²) in [5, 5.41) is 59.6. The van der Waals surface area contributed by atoms with Crippen LogP contribution in [0.15, 0.2) is 23.8 Å². The first-order valence-electron chi connectivity index (χ1n) is 12.2. The third-order valence-corrected chi connectivity index (χ3v) is 7.09. The Bertz CT molecular complexity index is 1010. The summed E-state index contributed by atoms with van der Waals surface area (Å²) >= 11 is 0. The molecule has 0 bridgehead atoms. The van der Waals surface area contributed by atoms with Crippen LogP contribution in [0, 0.1) is 11.3 Å². The summed E-state index contributed by atoms with van der Waals surface area (Å²) in [6.07, 6.45) is -4.29. The summed E-state index contributed by atoms with van der Waals surface area (Å²) in [5.41, 5.74) is 0.548. The minimum atomic E-state index is -1.63. The summed E-state index contributed by atoms with van der Waals surface area (Å²) < 4.78 is 16.5. The number of allylic oxidation sites excluding steroid dienone is 2. The average molecular weight is 525 g/mol. The van der Waals surface area contributed by atoms with E-state index in [4.69, 9.17) is 14.2 Å². The fourth-order valence-corrected chi connectivity index (χ4v) is 5.04. The van der Waals surface area contributed by atoms with Gasteiger partial charge in [0.15, 0.2) is 29.3 Å². The second-order valence-corrected chi connectivity index (χ2v) is 10.6. The Morgan fingerprint density at radius 3 is 2.32 bits per heavy atom. The summed E-state index contributed by atoms with van der Waals surface area (Å²) in [7, 11) is 0. The van der Waals surface area contributed by atoms with E-state index in [1.54, 1.807) is 13.0 Å². The summed E-state index contributed by atoms with van der Waals surface area (Å²) in [6.45, 7) is 7.29. The van der Waals surface area contributed by atoms with Gasteiger partial charge in [0.2, 0.25) is 0 Å². The molecule has 7 atom stereocenters. The number of phenolic OH excluding ortho intramolecular Hbond substituents is 3. The second kappa shape index (κ2) is 11.4. The molecule has 206 valence electrons. The highest BCUT2D eigenvalue weighted by Gasteiger charge is 2.45. The maximum Gasteiger partial charge on any atom is 0.338 e. The molecule has 11 heteroatoms. The topological polar surface area (TPSA) is 183 Å². The zero-order valence-corrected chi connectivity index (χ0v) is 21.3. The van der Waals surface area contributed by atoms with Crippen molar-refractivity contribution in [2.45, 2.75) is 83.8 Å². The van der Waals surface area contributed by atoms with E-state index in [2.05, 4.69) is 13.8 Å². The number of hydrogen-bond donors (Lipinski definition) is 6. The van der Waals surface area contributed by atoms with Gasteiger partial charge in [-0.2, -0.15) is 0 Å². The van der Waals surface area contributed by atoms with Crippen molar-refractivity contribution < 1.29 is 54.4 Å². The van der Waals surface area contributed by atoms with Crippen molar-refractivity contribution >= 4 is 11.8 Å². The predicted octanol–water partition coefficient (Wildman–Crippen LogP) is 1.51. The smallest absolute Gasteiger partial charge is 0.338 e. The fourth-order valence-electron chi connectivity index (χ4n) is 5.04. The number of ether oxygens (including phenoxy) is 3. The zero-order chi connectivity index (χ0) is 27.7. The Morgan fingerprint density at radius 2 is 1.73 bits per heavy atom. The van der Waals surface area contributed by atoms with E-state index < -0.39 is 66.6 Å². The van der Waals surface area contributed by atoms with Gasteiger partial charge < -0.3 is 44.8 Å². The Hall–Kier alpha value is -2.70. The van der Waals surface area contributed by atoms with Gasteiger partial charge in [0.25, 0.3) is 0 Å². The minimum Gasteiger partial charge on any atom is -0.504 e. The minimum absolute atomic E-state index is 0.111. The quantitative estimate of drug-likeness (QED) is 0.214. The third kappa shape index (κ3) is 6.60. The molecule has 1 aliphatic heterocycles. The van der Waals surface area contributed by atoms with Crippen molar-refractivity contribution in [2.75, 3.05) is 6.61 Å². The number of phenols is 3. The molecule has 1 heterocycles. The zero-order valence-electron chi connectivity index (χ0n) is 21.3. The van der Waals surface area contributed by atoms with Gasteiger partial charge in [-0.15, -0.1) is 0 Å². The lowest BCUT2D eigenvalue weighted by Crippen LogP contribution is -2.59. The number of rotatable bonds is 8. The van der Waals surface area contributed by atoms with Gasteiger partial charge in [0.1, 0.15) is 31.0 Å². The summed E-state index contributed by atoms with van der Waals surface area (Å²) in [5.74, 6) is -2.95. The van der Waals surface area contributed by atoms with Crippen LogP contribution >= 0.6 is 0 Å². The van der Waals surface area contributed by atoms with Crippen molar-refractivity contribution in [3.63, 3.8) is 0 Å². The summed E-state index contributed by atoms with van der Waals surface area (Å²) in [6, 6.07) is 1.78. The molecule has 1 fully saturated rings. The van der Waals surface area contributed by atoms with Crippen LogP contribution in [0.3, 0.4) is 0 Å². The van der Waals surface area contributed by atoms with Crippen LogP contribution in [0.5, 0.6) is 17.2 Å². The standard InChI is InChI=1S/C26H36O11/c1-12-7-15(27)10-26(3,4)16(12)6-5-13(2)36-25-23(33)22(32)21(31)19(37-25)11-35-24(34)14-8-17(28)20(30)18(29)9-14/h7-9,13,16,19,21-23,25,28-33H,5-6,10-11H2,1-4H3/t13-,16-,19-,21-,22+,23-,25-/m0/s1. The number of benzene rings is 1. The molecule has 1 aliphatic carbocycles. The lowest BCUT2D eigenvalue weighted by atomic mass is 9.66. The fraction of sp³-hybridized carbons (Fsp3) is 0.615. The number of ketones is 1. The van der Waals surface area contributed by atoms with Crippen LogP contribution in [0.1, 0.15) is 57.3 Å². The van der Waals surface area contributed by atoms with Crippen molar-refractivity contribution in [3.05, 3.63) is 29.3 Å². The average Bonchev–Trinajstić information content (AvgIpc) is 2.80. The molecular formula is C26H36O11. The highest BCUT2D eigenvalue weighted by atomic mass is 16.7. The molecule has 1 aromatic rings. The van der Waals surface area contributed by atoms with Crippen LogP contribution in [-0.4, -0.2) is 85.8 Å². The number of carbonyl (C=O) groups excluding carboxylic acids is 2. The number of hydrogen-bond acceptors (Lipinski definition) is 11. The molecule has 1 aromatic carbocycles. The predicted molar refractivity (Wildman–Crippen MR) is 129 cm³/mol. The molecule has 0 spiro atoms. The molecule has 0 aromatic heterocycles. The molecule has 11 nitrogen and oxygen atoms in total. The van der Waals surface area contributed by atoms with E-state index in [0.717, 1.165) is 24.1 Å². The number of aromatic hydroxyl groups is 3. The maximum atomic E-state index is 12.3. The van der Waals surface area contributed by atoms with Gasteiger partial charge in [-0.3, -0.25) is 4.79 Å². The van der Waals surface area contributed by atoms with Gasteiger partial charge in [-0.05, 0) is 56.2 Å². The molecule has 0 saturated carbocycles. The van der Waals surface area contributed by atoms with Gasteiger partial charge >= 0.3 is 5.97 Å². The Balaban J connectivity index is 1.59. The Kier molecular flexibility index (Phi) is 8.86. The lowest BCUT2D eigenvalue weighted by molar-refractivity contribution is -0.310. The first-order valence-corrected chi connectivity index (χ1v) is 12.2.